The minimum absolute atomic E-state index is 0.143. The van der Waals surface area contributed by atoms with E-state index >= 15 is 0 Å². The van der Waals surface area contributed by atoms with E-state index in [1.807, 2.05) is 0 Å². The SMILES string of the molecule is C[C@H]1Oc2cc(cnc2N)-c2c(cnn2C(C)(O)O)Cc2nn(C)nc2-c2ccc(F)cc21. The number of fused-ring (bicyclic) bond motifs is 7. The Morgan fingerprint density at radius 2 is 2.00 bits per heavy atom. The largest absolute Gasteiger partial charge is 0.482 e. The van der Waals surface area contributed by atoms with E-state index in [1.165, 1.54) is 36.2 Å². The highest BCUT2D eigenvalue weighted by atomic mass is 19.1. The average Bonchev–Trinajstić information content (AvgIpc) is 3.32. The zero-order chi connectivity index (χ0) is 23.5. The lowest BCUT2D eigenvalue weighted by Gasteiger charge is -2.22. The van der Waals surface area contributed by atoms with Gasteiger partial charge in [-0.05, 0) is 31.2 Å². The number of aliphatic hydroxyl groups is 2. The van der Waals surface area contributed by atoms with Crippen molar-refractivity contribution in [3.05, 3.63) is 59.3 Å². The molecule has 10 nitrogen and oxygen atoms in total. The number of aryl methyl sites for hydroxylation is 1. The van der Waals surface area contributed by atoms with E-state index in [4.69, 9.17) is 10.5 Å². The number of nitrogen functional groups attached to an aromatic ring is 1. The highest BCUT2D eigenvalue weighted by Crippen LogP contribution is 2.38. The Morgan fingerprint density at radius 1 is 1.21 bits per heavy atom. The summed E-state index contributed by atoms with van der Waals surface area (Å²) in [5.41, 5.74) is 10.1. The molecule has 4 aromatic rings. The minimum atomic E-state index is -2.27. The lowest BCUT2D eigenvalue weighted by molar-refractivity contribution is -0.219. The van der Waals surface area contributed by atoms with E-state index in [2.05, 4.69) is 20.3 Å². The van der Waals surface area contributed by atoms with Gasteiger partial charge in [0.25, 0.3) is 5.91 Å². The molecular formula is C22H22FN7O3. The molecule has 0 fully saturated rings. The number of hydrogen-bond donors (Lipinski definition) is 3. The van der Waals surface area contributed by atoms with E-state index in [0.29, 0.717) is 39.3 Å². The Labute approximate surface area is 188 Å². The molecule has 0 saturated carbocycles. The third kappa shape index (κ3) is 3.60. The normalized spacial score (nSPS) is 15.5. The van der Waals surface area contributed by atoms with Crippen molar-refractivity contribution in [1.29, 1.82) is 0 Å². The van der Waals surface area contributed by atoms with Crippen molar-refractivity contribution in [2.75, 3.05) is 5.73 Å². The predicted octanol–water partition coefficient (Wildman–Crippen LogP) is 2.12. The van der Waals surface area contributed by atoms with Gasteiger partial charge in [-0.1, -0.05) is 0 Å². The van der Waals surface area contributed by atoms with Gasteiger partial charge in [-0.25, -0.2) is 14.1 Å². The van der Waals surface area contributed by atoms with Crippen LogP contribution < -0.4 is 10.5 Å². The van der Waals surface area contributed by atoms with Crippen molar-refractivity contribution < 1.29 is 19.3 Å². The smallest absolute Gasteiger partial charge is 0.263 e. The number of hydrogen-bond acceptors (Lipinski definition) is 8. The van der Waals surface area contributed by atoms with Crippen molar-refractivity contribution in [2.24, 2.45) is 7.05 Å². The van der Waals surface area contributed by atoms with Gasteiger partial charge in [-0.15, -0.1) is 0 Å². The number of ether oxygens (including phenoxy) is 1. The molecule has 4 N–H and O–H groups in total. The first kappa shape index (κ1) is 21.0. The minimum Gasteiger partial charge on any atom is -0.482 e. The van der Waals surface area contributed by atoms with Gasteiger partial charge in [-0.3, -0.25) is 0 Å². The van der Waals surface area contributed by atoms with Crippen LogP contribution in [0.3, 0.4) is 0 Å². The summed E-state index contributed by atoms with van der Waals surface area (Å²) in [7, 11) is 1.70. The molecule has 2 bridgehead atoms. The molecule has 0 aliphatic carbocycles. The Balaban J connectivity index is 1.82. The molecule has 1 aliphatic heterocycles. The number of halogens is 1. The van der Waals surface area contributed by atoms with E-state index in [0.717, 1.165) is 4.68 Å². The first-order valence-corrected chi connectivity index (χ1v) is 10.3. The molecule has 4 heterocycles. The van der Waals surface area contributed by atoms with Gasteiger partial charge < -0.3 is 20.7 Å². The van der Waals surface area contributed by atoms with Crippen molar-refractivity contribution in [3.63, 3.8) is 0 Å². The maximum absolute atomic E-state index is 14.2. The molecule has 1 aliphatic rings. The molecule has 5 rings (SSSR count). The molecule has 170 valence electrons. The second-order valence-electron chi connectivity index (χ2n) is 8.16. The Bertz CT molecular complexity index is 1370. The van der Waals surface area contributed by atoms with Gasteiger partial charge in [0.05, 0.1) is 17.6 Å². The van der Waals surface area contributed by atoms with Crippen LogP contribution in [-0.4, -0.2) is 40.0 Å². The monoisotopic (exact) mass is 451 g/mol. The first-order valence-electron chi connectivity index (χ1n) is 10.3. The maximum atomic E-state index is 14.2. The highest BCUT2D eigenvalue weighted by Gasteiger charge is 2.29. The van der Waals surface area contributed by atoms with E-state index in [-0.39, 0.29) is 18.0 Å². The summed E-state index contributed by atoms with van der Waals surface area (Å²) in [4.78, 5) is 5.67. The molecule has 11 heteroatoms. The van der Waals surface area contributed by atoms with E-state index in [1.54, 1.807) is 26.1 Å². The lowest BCUT2D eigenvalue weighted by Crippen LogP contribution is -2.30. The number of benzene rings is 1. The summed E-state index contributed by atoms with van der Waals surface area (Å²) in [5.74, 6) is -2.26. The Morgan fingerprint density at radius 3 is 2.76 bits per heavy atom. The Kier molecular flexibility index (Phi) is 4.69. The quantitative estimate of drug-likeness (QED) is 0.374. The molecule has 0 amide bonds. The summed E-state index contributed by atoms with van der Waals surface area (Å²) < 4.78 is 21.4. The lowest BCUT2D eigenvalue weighted by atomic mass is 9.96. The fourth-order valence-corrected chi connectivity index (χ4v) is 4.11. The number of anilines is 1. The van der Waals surface area contributed by atoms with Crippen LogP contribution in [-0.2, 0) is 19.4 Å². The van der Waals surface area contributed by atoms with Crippen LogP contribution in [0.15, 0.2) is 36.7 Å². The summed E-state index contributed by atoms with van der Waals surface area (Å²) >= 11 is 0. The van der Waals surface area contributed by atoms with Crippen LogP contribution in [0.2, 0.25) is 0 Å². The third-order valence-electron chi connectivity index (χ3n) is 5.55. The second kappa shape index (κ2) is 7.36. The van der Waals surface area contributed by atoms with Crippen LogP contribution in [0.25, 0.3) is 22.5 Å². The van der Waals surface area contributed by atoms with Crippen LogP contribution in [0.4, 0.5) is 10.2 Å². The number of aromatic nitrogens is 6. The van der Waals surface area contributed by atoms with Crippen molar-refractivity contribution in [3.8, 4) is 28.3 Å². The standard InChI is InChI=1S/C22H22FN7O3/c1-11-16-8-14(23)4-5-15(16)19-17(27-29(3)28-19)6-12-10-26-30(22(2,31)32)20(12)13-7-18(33-11)21(24)25-9-13/h4-5,7-11,31-32H,6H2,1-3H3,(H2,24,25)/t11-/m1/s1. The van der Waals surface area contributed by atoms with Crippen LogP contribution in [0.5, 0.6) is 5.75 Å². The van der Waals surface area contributed by atoms with E-state index in [9.17, 15) is 14.6 Å². The molecule has 0 spiro atoms. The molecule has 1 atom stereocenters. The fraction of sp³-hybridized carbons (Fsp3) is 0.273. The third-order valence-corrected chi connectivity index (χ3v) is 5.55. The molecule has 33 heavy (non-hydrogen) atoms. The molecule has 0 unspecified atom stereocenters. The summed E-state index contributed by atoms with van der Waals surface area (Å²) in [6.45, 7) is 2.99. The fourth-order valence-electron chi connectivity index (χ4n) is 4.11. The van der Waals surface area contributed by atoms with Crippen LogP contribution >= 0.6 is 0 Å². The second-order valence-corrected chi connectivity index (χ2v) is 8.16. The molecule has 3 aromatic heterocycles. The number of nitrogens with zero attached hydrogens (tertiary/aromatic N) is 6. The average molecular weight is 451 g/mol. The summed E-state index contributed by atoms with van der Waals surface area (Å²) in [6.07, 6.45) is 2.72. The number of nitrogens with two attached hydrogens (primary N) is 1. The topological polar surface area (TPSA) is 137 Å². The number of rotatable bonds is 1. The summed E-state index contributed by atoms with van der Waals surface area (Å²) in [5, 5.41) is 33.9. The van der Waals surface area contributed by atoms with Gasteiger partial charge in [0.15, 0.2) is 11.6 Å². The summed E-state index contributed by atoms with van der Waals surface area (Å²) in [6, 6.07) is 6.06. The van der Waals surface area contributed by atoms with Gasteiger partial charge in [0, 0.05) is 48.8 Å². The van der Waals surface area contributed by atoms with Crippen molar-refractivity contribution in [2.45, 2.75) is 32.3 Å². The molecule has 1 aromatic carbocycles. The zero-order valence-electron chi connectivity index (χ0n) is 18.2. The highest BCUT2D eigenvalue weighted by molar-refractivity contribution is 5.71. The zero-order valence-corrected chi connectivity index (χ0v) is 18.2. The van der Waals surface area contributed by atoms with Gasteiger partial charge >= 0.3 is 0 Å². The maximum Gasteiger partial charge on any atom is 0.263 e. The number of pyridine rings is 1. The molecular weight excluding hydrogens is 429 g/mol. The van der Waals surface area contributed by atoms with Gasteiger partial charge in [-0.2, -0.15) is 20.1 Å². The molecule has 0 saturated heterocycles. The van der Waals surface area contributed by atoms with Crippen molar-refractivity contribution in [1.82, 2.24) is 29.8 Å². The molecule has 0 radical (unpaired) electrons. The van der Waals surface area contributed by atoms with Gasteiger partial charge in [0.1, 0.15) is 17.6 Å². The van der Waals surface area contributed by atoms with Crippen LogP contribution in [0.1, 0.15) is 36.8 Å². The Hall–Kier alpha value is -3.83. The van der Waals surface area contributed by atoms with Crippen LogP contribution in [0, 0.1) is 5.82 Å². The van der Waals surface area contributed by atoms with Crippen molar-refractivity contribution >= 4 is 5.82 Å². The first-order chi connectivity index (χ1) is 15.6. The van der Waals surface area contributed by atoms with Gasteiger partial charge in [0.2, 0.25) is 0 Å². The van der Waals surface area contributed by atoms with E-state index < -0.39 is 17.8 Å². The predicted molar refractivity (Wildman–Crippen MR) is 116 cm³/mol.